The smallest absolute Gasteiger partial charge is 0.153 e. The second kappa shape index (κ2) is 10.5. The number of hydrogen-bond donors (Lipinski definition) is 0. The number of aromatic nitrogens is 2. The van der Waals surface area contributed by atoms with Gasteiger partial charge in [-0.1, -0.05) is 50.6 Å². The second-order valence-corrected chi connectivity index (χ2v) is 5.50. The summed E-state index contributed by atoms with van der Waals surface area (Å²) in [5, 5.41) is 4.25. The van der Waals surface area contributed by atoms with Crippen molar-refractivity contribution >= 4 is 5.84 Å². The van der Waals surface area contributed by atoms with Crippen molar-refractivity contribution in [1.29, 1.82) is 0 Å². The number of hydrogen-bond acceptors (Lipinski definition) is 3. The maximum absolute atomic E-state index is 5.38. The maximum atomic E-state index is 5.38. The van der Waals surface area contributed by atoms with Crippen LogP contribution in [0.4, 0.5) is 0 Å². The van der Waals surface area contributed by atoms with Gasteiger partial charge in [-0.2, -0.15) is 0 Å². The minimum absolute atomic E-state index is 0.113. The van der Waals surface area contributed by atoms with E-state index < -0.39 is 0 Å². The molecule has 1 aromatic rings. The molecule has 0 saturated heterocycles. The zero-order chi connectivity index (χ0) is 14.6. The van der Waals surface area contributed by atoms with Crippen molar-refractivity contribution < 1.29 is 4.84 Å². The number of unbranched alkanes of at least 4 members (excludes halogenated alkanes) is 6. The summed E-state index contributed by atoms with van der Waals surface area (Å²) in [5.41, 5.74) is 0. The largest absolute Gasteiger partial charge is 0.392 e. The lowest BCUT2D eigenvalue weighted by atomic mass is 10.1. The van der Waals surface area contributed by atoms with Crippen LogP contribution < -0.4 is 0 Å². The van der Waals surface area contributed by atoms with Crippen LogP contribution in [0.1, 0.15) is 72.1 Å². The fraction of sp³-hybridized carbons (Fsp3) is 0.750. The monoisotopic (exact) mass is 279 g/mol. The van der Waals surface area contributed by atoms with E-state index in [1.165, 1.54) is 38.5 Å². The lowest BCUT2D eigenvalue weighted by molar-refractivity contribution is 0.0845. The highest BCUT2D eigenvalue weighted by molar-refractivity contribution is 5.83. The molecule has 4 nitrogen and oxygen atoms in total. The van der Waals surface area contributed by atoms with E-state index in [-0.39, 0.29) is 6.10 Å². The summed E-state index contributed by atoms with van der Waals surface area (Å²) in [4.78, 5) is 9.45. The highest BCUT2D eigenvalue weighted by atomic mass is 16.6. The summed E-state index contributed by atoms with van der Waals surface area (Å²) in [5.74, 6) is 0.949. The summed E-state index contributed by atoms with van der Waals surface area (Å²) >= 11 is 0. The highest BCUT2D eigenvalue weighted by Crippen LogP contribution is 2.10. The van der Waals surface area contributed by atoms with Gasteiger partial charge in [-0.15, -0.1) is 0 Å². The Morgan fingerprint density at radius 2 is 1.85 bits per heavy atom. The van der Waals surface area contributed by atoms with E-state index in [1.54, 1.807) is 12.5 Å². The number of imidazole rings is 1. The molecule has 20 heavy (non-hydrogen) atoms. The van der Waals surface area contributed by atoms with Crippen molar-refractivity contribution in [2.75, 3.05) is 0 Å². The van der Waals surface area contributed by atoms with Gasteiger partial charge in [0.2, 0.25) is 0 Å². The van der Waals surface area contributed by atoms with Gasteiger partial charge >= 0.3 is 0 Å². The fourth-order valence-electron chi connectivity index (χ4n) is 2.04. The zero-order valence-corrected chi connectivity index (χ0v) is 13.2. The first-order valence-electron chi connectivity index (χ1n) is 7.95. The minimum Gasteiger partial charge on any atom is -0.392 e. The van der Waals surface area contributed by atoms with E-state index in [0.717, 1.165) is 18.7 Å². The average Bonchev–Trinajstić information content (AvgIpc) is 2.94. The van der Waals surface area contributed by atoms with Crippen molar-refractivity contribution in [3.05, 3.63) is 18.7 Å². The van der Waals surface area contributed by atoms with Crippen molar-refractivity contribution in [1.82, 2.24) is 9.55 Å². The van der Waals surface area contributed by atoms with E-state index in [9.17, 15) is 0 Å². The predicted molar refractivity (Wildman–Crippen MR) is 83.9 cm³/mol. The molecule has 0 aliphatic heterocycles. The molecule has 0 fully saturated rings. The molecule has 1 rings (SSSR count). The maximum Gasteiger partial charge on any atom is 0.153 e. The Balaban J connectivity index is 2.29. The second-order valence-electron chi connectivity index (χ2n) is 5.50. The zero-order valence-electron chi connectivity index (χ0n) is 13.2. The first-order valence-corrected chi connectivity index (χ1v) is 7.95. The van der Waals surface area contributed by atoms with Gasteiger partial charge in [0.25, 0.3) is 0 Å². The molecule has 0 N–H and O–H groups in total. The van der Waals surface area contributed by atoms with Crippen LogP contribution in [-0.2, 0) is 4.84 Å². The lowest BCUT2D eigenvalue weighted by Gasteiger charge is -2.09. The van der Waals surface area contributed by atoms with Gasteiger partial charge in [0.15, 0.2) is 5.84 Å². The molecule has 0 aliphatic rings. The lowest BCUT2D eigenvalue weighted by Crippen LogP contribution is -2.12. The summed E-state index contributed by atoms with van der Waals surface area (Å²) in [7, 11) is 0. The molecule has 4 heteroatoms. The van der Waals surface area contributed by atoms with Crippen LogP contribution in [0.25, 0.3) is 0 Å². The molecule has 0 atom stereocenters. The molecule has 0 aromatic carbocycles. The molecular formula is C16H29N3O. The third-order valence-corrected chi connectivity index (χ3v) is 3.18. The topological polar surface area (TPSA) is 39.4 Å². The molecule has 0 saturated carbocycles. The molecule has 0 aliphatic carbocycles. The van der Waals surface area contributed by atoms with Crippen LogP contribution in [0.15, 0.2) is 23.9 Å². The molecular weight excluding hydrogens is 250 g/mol. The van der Waals surface area contributed by atoms with Crippen LogP contribution in [0.3, 0.4) is 0 Å². The minimum atomic E-state index is 0.113. The van der Waals surface area contributed by atoms with Crippen LogP contribution in [0.5, 0.6) is 0 Å². The Kier molecular flexibility index (Phi) is 8.76. The van der Waals surface area contributed by atoms with E-state index in [4.69, 9.17) is 4.84 Å². The highest BCUT2D eigenvalue weighted by Gasteiger charge is 2.04. The third kappa shape index (κ3) is 7.31. The van der Waals surface area contributed by atoms with Crippen molar-refractivity contribution in [2.45, 2.75) is 78.2 Å². The normalized spacial score (nSPS) is 12.1. The Hall–Kier alpha value is -1.32. The Morgan fingerprint density at radius 1 is 1.15 bits per heavy atom. The van der Waals surface area contributed by atoms with Gasteiger partial charge in [-0.25, -0.2) is 4.98 Å². The first kappa shape index (κ1) is 16.7. The summed E-state index contributed by atoms with van der Waals surface area (Å²) in [6, 6.07) is 0. The van der Waals surface area contributed by atoms with Gasteiger partial charge in [0.1, 0.15) is 12.4 Å². The number of oxime groups is 1. The Morgan fingerprint density at radius 3 is 2.45 bits per heavy atom. The van der Waals surface area contributed by atoms with Crippen LogP contribution >= 0.6 is 0 Å². The van der Waals surface area contributed by atoms with Crippen LogP contribution in [-0.4, -0.2) is 21.5 Å². The quantitative estimate of drug-likeness (QED) is 0.271. The first-order chi connectivity index (χ1) is 9.74. The third-order valence-electron chi connectivity index (χ3n) is 3.18. The molecule has 0 amide bonds. The standard InChI is InChI=1S/C16H29N3O/c1-4-5-6-7-8-9-10-11-16(18-20-15(2)3)19-13-12-17-14-19/h12-15H,4-11H2,1-3H3. The number of rotatable bonds is 10. The molecule has 0 bridgehead atoms. The van der Waals surface area contributed by atoms with Gasteiger partial charge in [-0.3, -0.25) is 4.57 Å². The molecule has 0 spiro atoms. The fourth-order valence-corrected chi connectivity index (χ4v) is 2.04. The van der Waals surface area contributed by atoms with E-state index in [2.05, 4.69) is 17.1 Å². The van der Waals surface area contributed by atoms with Crippen molar-refractivity contribution in [3.8, 4) is 0 Å². The van der Waals surface area contributed by atoms with Crippen LogP contribution in [0.2, 0.25) is 0 Å². The van der Waals surface area contributed by atoms with Gasteiger partial charge < -0.3 is 4.84 Å². The van der Waals surface area contributed by atoms with Gasteiger partial charge in [-0.05, 0) is 20.3 Å². The summed E-state index contributed by atoms with van der Waals surface area (Å²) in [6.07, 6.45) is 15.7. The van der Waals surface area contributed by atoms with Gasteiger partial charge in [0.05, 0.1) is 0 Å². The summed E-state index contributed by atoms with van der Waals surface area (Å²) in [6.45, 7) is 6.23. The predicted octanol–water partition coefficient (Wildman–Crippen LogP) is 4.61. The molecule has 114 valence electrons. The van der Waals surface area contributed by atoms with E-state index in [0.29, 0.717) is 0 Å². The SMILES string of the molecule is CCCCCCCCCC(=NOC(C)C)n1ccnc1. The summed E-state index contributed by atoms with van der Waals surface area (Å²) < 4.78 is 1.94. The van der Waals surface area contributed by atoms with Crippen molar-refractivity contribution in [2.24, 2.45) is 5.16 Å². The van der Waals surface area contributed by atoms with Crippen LogP contribution in [0, 0.1) is 0 Å². The number of nitrogens with zero attached hydrogens (tertiary/aromatic N) is 3. The Bertz CT molecular complexity index is 358. The van der Waals surface area contributed by atoms with E-state index in [1.807, 2.05) is 24.6 Å². The van der Waals surface area contributed by atoms with Gasteiger partial charge in [0, 0.05) is 18.8 Å². The average molecular weight is 279 g/mol. The molecule has 0 unspecified atom stereocenters. The van der Waals surface area contributed by atoms with Crippen molar-refractivity contribution in [3.63, 3.8) is 0 Å². The Labute approximate surface area is 123 Å². The van der Waals surface area contributed by atoms with E-state index >= 15 is 0 Å². The molecule has 1 heterocycles. The molecule has 1 aromatic heterocycles. The molecule has 0 radical (unpaired) electrons.